The Kier molecular flexibility index (Phi) is 7.40. The summed E-state index contributed by atoms with van der Waals surface area (Å²) >= 11 is 13.5. The van der Waals surface area contributed by atoms with Crippen LogP contribution in [-0.4, -0.2) is 23.3 Å². The van der Waals surface area contributed by atoms with E-state index in [2.05, 4.69) is 10.6 Å². The molecule has 0 aliphatic carbocycles. The van der Waals surface area contributed by atoms with Crippen LogP contribution in [0.1, 0.15) is 15.9 Å². The lowest BCUT2D eigenvalue weighted by Crippen LogP contribution is -2.36. The average Bonchev–Trinajstić information content (AvgIpc) is 3.32. The molecule has 2 N–H and O–H groups in total. The van der Waals surface area contributed by atoms with Gasteiger partial charge in [-0.2, -0.15) is 0 Å². The molecule has 33 heavy (non-hydrogen) atoms. The van der Waals surface area contributed by atoms with Crippen molar-refractivity contribution >= 4 is 46.4 Å². The largest absolute Gasteiger partial charge is 0.350 e. The van der Waals surface area contributed by atoms with Crippen LogP contribution >= 0.6 is 34.5 Å². The lowest BCUT2D eigenvalue weighted by molar-refractivity contribution is -0.120. The number of carbonyl (C=O) groups is 2. The van der Waals surface area contributed by atoms with Crippen LogP contribution in [0.2, 0.25) is 10.0 Å². The van der Waals surface area contributed by atoms with E-state index in [1.165, 1.54) is 12.1 Å². The van der Waals surface area contributed by atoms with Crippen molar-refractivity contribution in [3.8, 4) is 21.8 Å². The second-order valence-electron chi connectivity index (χ2n) is 7.19. The Bertz CT molecular complexity index is 1290. The van der Waals surface area contributed by atoms with Crippen molar-refractivity contribution in [2.75, 3.05) is 6.54 Å². The Labute approximate surface area is 205 Å². The van der Waals surface area contributed by atoms with Crippen molar-refractivity contribution in [3.05, 3.63) is 99.3 Å². The molecule has 5 nitrogen and oxygen atoms in total. The minimum atomic E-state index is -0.438. The smallest absolute Gasteiger partial charge is 0.253 e. The van der Waals surface area contributed by atoms with E-state index in [0.29, 0.717) is 11.6 Å². The maximum Gasteiger partial charge on any atom is 0.253 e. The number of aromatic nitrogens is 1. The van der Waals surface area contributed by atoms with Crippen LogP contribution in [0.3, 0.4) is 0 Å². The predicted octanol–water partition coefficient (Wildman–Crippen LogP) is 5.83. The number of hydrogen-bond acceptors (Lipinski definition) is 4. The molecule has 8 heteroatoms. The first-order valence-electron chi connectivity index (χ1n) is 10.1. The van der Waals surface area contributed by atoms with Gasteiger partial charge in [0.25, 0.3) is 5.91 Å². The number of halogens is 2. The number of rotatable bonds is 7. The second-order valence-corrected chi connectivity index (χ2v) is 8.89. The van der Waals surface area contributed by atoms with E-state index in [0.717, 1.165) is 27.4 Å². The maximum absolute atomic E-state index is 12.2. The maximum atomic E-state index is 12.2. The second kappa shape index (κ2) is 10.6. The first-order chi connectivity index (χ1) is 16.0. The number of benzene rings is 3. The zero-order valence-corrected chi connectivity index (χ0v) is 19.7. The summed E-state index contributed by atoms with van der Waals surface area (Å²) in [5.74, 6) is -0.744. The molecule has 0 saturated heterocycles. The van der Waals surface area contributed by atoms with Gasteiger partial charge in [-0.1, -0.05) is 71.7 Å². The van der Waals surface area contributed by atoms with Gasteiger partial charge in [0.05, 0.1) is 22.8 Å². The van der Waals surface area contributed by atoms with Crippen LogP contribution < -0.4 is 10.6 Å². The molecule has 0 aliphatic heterocycles. The molecule has 0 unspecified atom stereocenters. The summed E-state index contributed by atoms with van der Waals surface area (Å²) in [5.41, 5.74) is 4.19. The van der Waals surface area contributed by atoms with Crippen molar-refractivity contribution in [1.29, 1.82) is 0 Å². The Balaban J connectivity index is 1.33. The lowest BCUT2D eigenvalue weighted by atomic mass is 10.1. The Morgan fingerprint density at radius 2 is 1.67 bits per heavy atom. The predicted molar refractivity (Wildman–Crippen MR) is 134 cm³/mol. The van der Waals surface area contributed by atoms with E-state index in [1.54, 1.807) is 17.4 Å². The Morgan fingerprint density at radius 1 is 0.879 bits per heavy atom. The number of thiazole rings is 1. The number of hydrogen-bond donors (Lipinski definition) is 2. The normalized spacial score (nSPS) is 10.6. The molecule has 0 atom stereocenters. The van der Waals surface area contributed by atoms with Crippen LogP contribution in [-0.2, 0) is 11.3 Å². The molecule has 0 spiro atoms. The zero-order chi connectivity index (χ0) is 23.2. The van der Waals surface area contributed by atoms with Crippen LogP contribution in [0.25, 0.3) is 21.8 Å². The molecule has 0 saturated carbocycles. The topological polar surface area (TPSA) is 71.1 Å². The zero-order valence-electron chi connectivity index (χ0n) is 17.3. The average molecular weight is 496 g/mol. The van der Waals surface area contributed by atoms with Crippen LogP contribution in [0, 0.1) is 0 Å². The first-order valence-corrected chi connectivity index (χ1v) is 11.7. The molecule has 1 aromatic heterocycles. The molecule has 1 heterocycles. The van der Waals surface area contributed by atoms with Crippen molar-refractivity contribution in [3.63, 3.8) is 0 Å². The van der Waals surface area contributed by atoms with Crippen molar-refractivity contribution in [2.45, 2.75) is 6.54 Å². The lowest BCUT2D eigenvalue weighted by Gasteiger charge is -2.09. The van der Waals surface area contributed by atoms with Gasteiger partial charge in [0.2, 0.25) is 5.91 Å². The standard InChI is InChI=1S/C25H19Cl2N3O2S/c26-19-9-10-20(21(27)12-19)24(32)29-14-23(31)28-13-16-5-4-8-18(11-16)25-30-22(15-33-25)17-6-2-1-3-7-17/h1-12,15H,13-14H2,(H,28,31)(H,29,32). The van der Waals surface area contributed by atoms with E-state index in [1.807, 2.05) is 60.0 Å². The SMILES string of the molecule is O=C(CNC(=O)c1ccc(Cl)cc1Cl)NCc1cccc(-c2nc(-c3ccccc3)cs2)c1. The van der Waals surface area contributed by atoms with E-state index < -0.39 is 5.91 Å². The van der Waals surface area contributed by atoms with Crippen molar-refractivity contribution in [1.82, 2.24) is 15.6 Å². The van der Waals surface area contributed by atoms with Crippen LogP contribution in [0.4, 0.5) is 0 Å². The highest BCUT2D eigenvalue weighted by Crippen LogP contribution is 2.29. The fourth-order valence-corrected chi connectivity index (χ4v) is 4.48. The van der Waals surface area contributed by atoms with Gasteiger partial charge in [0, 0.05) is 28.1 Å². The summed E-state index contributed by atoms with van der Waals surface area (Å²) in [4.78, 5) is 29.2. The third-order valence-electron chi connectivity index (χ3n) is 4.82. The third-order valence-corrected chi connectivity index (χ3v) is 6.26. The van der Waals surface area contributed by atoms with Gasteiger partial charge < -0.3 is 10.6 Å². The fraction of sp³-hybridized carbons (Fsp3) is 0.0800. The molecule has 3 aromatic carbocycles. The van der Waals surface area contributed by atoms with Gasteiger partial charge in [0.1, 0.15) is 5.01 Å². The minimum Gasteiger partial charge on any atom is -0.350 e. The number of amides is 2. The third kappa shape index (κ3) is 5.99. The molecule has 4 rings (SSSR count). The van der Waals surface area contributed by atoms with Gasteiger partial charge in [-0.15, -0.1) is 11.3 Å². The molecular formula is C25H19Cl2N3O2S. The summed E-state index contributed by atoms with van der Waals surface area (Å²) in [5, 5.41) is 8.99. The van der Waals surface area contributed by atoms with Gasteiger partial charge in [-0.3, -0.25) is 9.59 Å². The number of nitrogens with one attached hydrogen (secondary N) is 2. The fourth-order valence-electron chi connectivity index (χ4n) is 3.15. The monoisotopic (exact) mass is 495 g/mol. The molecule has 0 aliphatic rings. The summed E-state index contributed by atoms with van der Waals surface area (Å²) in [6, 6.07) is 22.5. The molecule has 4 aromatic rings. The summed E-state index contributed by atoms with van der Waals surface area (Å²) in [6.07, 6.45) is 0. The van der Waals surface area contributed by atoms with E-state index in [-0.39, 0.29) is 23.0 Å². The highest BCUT2D eigenvalue weighted by Gasteiger charge is 2.12. The van der Waals surface area contributed by atoms with Crippen LogP contribution in [0.15, 0.2) is 78.2 Å². The van der Waals surface area contributed by atoms with E-state index in [4.69, 9.17) is 28.2 Å². The van der Waals surface area contributed by atoms with E-state index in [9.17, 15) is 9.59 Å². The van der Waals surface area contributed by atoms with Gasteiger partial charge in [0.15, 0.2) is 0 Å². The summed E-state index contributed by atoms with van der Waals surface area (Å²) < 4.78 is 0. The van der Waals surface area contributed by atoms with E-state index >= 15 is 0 Å². The number of carbonyl (C=O) groups excluding carboxylic acids is 2. The van der Waals surface area contributed by atoms with Gasteiger partial charge in [-0.25, -0.2) is 4.98 Å². The van der Waals surface area contributed by atoms with Crippen molar-refractivity contribution in [2.24, 2.45) is 0 Å². The molecule has 166 valence electrons. The molecule has 0 bridgehead atoms. The quantitative estimate of drug-likeness (QED) is 0.338. The Morgan fingerprint density at radius 3 is 2.45 bits per heavy atom. The molecule has 0 fully saturated rings. The summed E-state index contributed by atoms with van der Waals surface area (Å²) in [7, 11) is 0. The first kappa shape index (κ1) is 23.0. The van der Waals surface area contributed by atoms with Gasteiger partial charge >= 0.3 is 0 Å². The number of nitrogens with zero attached hydrogens (tertiary/aromatic N) is 1. The molecular weight excluding hydrogens is 477 g/mol. The molecule has 2 amide bonds. The summed E-state index contributed by atoms with van der Waals surface area (Å²) in [6.45, 7) is 0.172. The van der Waals surface area contributed by atoms with Gasteiger partial charge in [-0.05, 0) is 29.8 Å². The van der Waals surface area contributed by atoms with Crippen LogP contribution in [0.5, 0.6) is 0 Å². The molecule has 0 radical (unpaired) electrons. The van der Waals surface area contributed by atoms with Crippen molar-refractivity contribution < 1.29 is 9.59 Å². The highest BCUT2D eigenvalue weighted by atomic mass is 35.5. The highest BCUT2D eigenvalue weighted by molar-refractivity contribution is 7.13. The minimum absolute atomic E-state index is 0.162. The Hall–Kier alpha value is -3.19.